The fourth-order valence-electron chi connectivity index (χ4n) is 3.30. The first-order valence-corrected chi connectivity index (χ1v) is 9.31. The predicted octanol–water partition coefficient (Wildman–Crippen LogP) is 2.69. The summed E-state index contributed by atoms with van der Waals surface area (Å²) in [6.45, 7) is 0.0123. The maximum Gasteiger partial charge on any atom is 0.328 e. The van der Waals surface area contributed by atoms with Crippen LogP contribution >= 0.6 is 11.6 Å². The van der Waals surface area contributed by atoms with E-state index in [0.29, 0.717) is 10.6 Å². The summed E-state index contributed by atoms with van der Waals surface area (Å²) in [5.74, 6) is -0.439. The molecule has 2 aromatic rings. The van der Waals surface area contributed by atoms with Gasteiger partial charge in [0.25, 0.3) is 11.5 Å². The summed E-state index contributed by atoms with van der Waals surface area (Å²) in [6, 6.07) is 7.07. The molecule has 0 atom stereocenters. The van der Waals surface area contributed by atoms with E-state index in [1.807, 2.05) is 0 Å². The van der Waals surface area contributed by atoms with E-state index in [4.69, 9.17) is 11.6 Å². The summed E-state index contributed by atoms with van der Waals surface area (Å²) in [5, 5.41) is 3.40. The Bertz CT molecular complexity index is 895. The van der Waals surface area contributed by atoms with Crippen LogP contribution in [0.3, 0.4) is 0 Å². The van der Waals surface area contributed by atoms with Gasteiger partial charge in [0.2, 0.25) is 0 Å². The monoisotopic (exact) mass is 375 g/mol. The van der Waals surface area contributed by atoms with Crippen molar-refractivity contribution in [1.82, 2.24) is 14.9 Å². The average molecular weight is 376 g/mol. The van der Waals surface area contributed by atoms with Crippen LogP contribution in [0.2, 0.25) is 5.02 Å². The number of nitrogens with zero attached hydrogens (tertiary/aromatic N) is 1. The molecule has 2 N–H and O–H groups in total. The van der Waals surface area contributed by atoms with Crippen LogP contribution in [0.5, 0.6) is 0 Å². The molecule has 1 aromatic carbocycles. The second-order valence-corrected chi connectivity index (χ2v) is 7.06. The van der Waals surface area contributed by atoms with Crippen molar-refractivity contribution in [2.75, 3.05) is 0 Å². The van der Waals surface area contributed by atoms with Gasteiger partial charge in [-0.3, -0.25) is 14.2 Å². The molecule has 1 aliphatic rings. The van der Waals surface area contributed by atoms with Crippen LogP contribution in [0.25, 0.3) is 0 Å². The van der Waals surface area contributed by atoms with Gasteiger partial charge in [-0.25, -0.2) is 4.79 Å². The number of amides is 1. The van der Waals surface area contributed by atoms with E-state index in [1.54, 1.807) is 24.3 Å². The lowest BCUT2D eigenvalue weighted by Gasteiger charge is -2.16. The van der Waals surface area contributed by atoms with Crippen LogP contribution in [0, 0.1) is 0 Å². The Morgan fingerprint density at radius 1 is 1.15 bits per heavy atom. The second-order valence-electron chi connectivity index (χ2n) is 6.65. The van der Waals surface area contributed by atoms with Crippen molar-refractivity contribution in [3.63, 3.8) is 0 Å². The van der Waals surface area contributed by atoms with Crippen LogP contribution < -0.4 is 16.6 Å². The van der Waals surface area contributed by atoms with Crippen molar-refractivity contribution >= 4 is 17.5 Å². The van der Waals surface area contributed by atoms with Crippen LogP contribution in [-0.2, 0) is 6.54 Å². The normalized spacial score (nSPS) is 15.4. The van der Waals surface area contributed by atoms with Gasteiger partial charge >= 0.3 is 5.69 Å². The number of halogens is 1. The summed E-state index contributed by atoms with van der Waals surface area (Å²) in [7, 11) is 0. The van der Waals surface area contributed by atoms with Crippen molar-refractivity contribution in [2.45, 2.75) is 51.1 Å². The van der Waals surface area contributed by atoms with Crippen molar-refractivity contribution in [3.05, 3.63) is 67.4 Å². The molecule has 0 saturated heterocycles. The Balaban J connectivity index is 1.85. The Morgan fingerprint density at radius 3 is 2.54 bits per heavy atom. The highest BCUT2D eigenvalue weighted by Crippen LogP contribution is 2.17. The molecule has 0 aliphatic heterocycles. The fourth-order valence-corrected chi connectivity index (χ4v) is 3.50. The van der Waals surface area contributed by atoms with Crippen LogP contribution in [0.15, 0.2) is 40.1 Å². The lowest BCUT2D eigenvalue weighted by atomic mass is 10.1. The van der Waals surface area contributed by atoms with Crippen molar-refractivity contribution in [3.8, 4) is 0 Å². The third kappa shape index (κ3) is 4.25. The molecular formula is C19H22ClN3O3. The molecule has 0 unspecified atom stereocenters. The number of hydrogen-bond acceptors (Lipinski definition) is 3. The Kier molecular flexibility index (Phi) is 5.93. The van der Waals surface area contributed by atoms with Crippen LogP contribution in [0.1, 0.15) is 54.4 Å². The van der Waals surface area contributed by atoms with Crippen molar-refractivity contribution < 1.29 is 4.79 Å². The smallest absolute Gasteiger partial charge is 0.328 e. The van der Waals surface area contributed by atoms with E-state index in [-0.39, 0.29) is 18.2 Å². The van der Waals surface area contributed by atoms with Crippen molar-refractivity contribution in [2.24, 2.45) is 0 Å². The highest BCUT2D eigenvalue weighted by Gasteiger charge is 2.20. The van der Waals surface area contributed by atoms with Gasteiger partial charge in [0.05, 0.1) is 6.54 Å². The predicted molar refractivity (Wildman–Crippen MR) is 101 cm³/mol. The molecule has 6 nitrogen and oxygen atoms in total. The number of nitrogens with one attached hydrogen (secondary N) is 2. The number of H-pyrrole nitrogens is 1. The molecule has 0 bridgehead atoms. The maximum absolute atomic E-state index is 12.7. The van der Waals surface area contributed by atoms with E-state index in [2.05, 4.69) is 10.3 Å². The number of benzene rings is 1. The van der Waals surface area contributed by atoms with E-state index in [9.17, 15) is 14.4 Å². The quantitative estimate of drug-likeness (QED) is 0.806. The first-order chi connectivity index (χ1) is 12.6. The fraction of sp³-hybridized carbons (Fsp3) is 0.421. The van der Waals surface area contributed by atoms with Gasteiger partial charge in [0.1, 0.15) is 5.56 Å². The minimum atomic E-state index is -0.611. The van der Waals surface area contributed by atoms with Gasteiger partial charge in [-0.05, 0) is 24.5 Å². The highest BCUT2D eigenvalue weighted by molar-refractivity contribution is 6.31. The summed E-state index contributed by atoms with van der Waals surface area (Å²) < 4.78 is 1.00. The van der Waals surface area contributed by atoms with E-state index in [0.717, 1.165) is 30.3 Å². The van der Waals surface area contributed by atoms with Crippen LogP contribution in [-0.4, -0.2) is 21.5 Å². The lowest BCUT2D eigenvalue weighted by Crippen LogP contribution is -2.43. The maximum atomic E-state index is 12.7. The number of aromatic nitrogens is 2. The largest absolute Gasteiger partial charge is 0.349 e. The number of carbonyl (C=O) groups is 1. The average Bonchev–Trinajstić information content (AvgIpc) is 2.88. The van der Waals surface area contributed by atoms with E-state index < -0.39 is 17.2 Å². The second kappa shape index (κ2) is 8.36. The molecule has 1 amide bonds. The zero-order valence-corrected chi connectivity index (χ0v) is 15.2. The van der Waals surface area contributed by atoms with Gasteiger partial charge in [-0.1, -0.05) is 55.5 Å². The zero-order valence-electron chi connectivity index (χ0n) is 14.5. The molecule has 1 aliphatic carbocycles. The standard InChI is InChI=1S/C19H22ClN3O3/c20-16-10-6-5-7-13(16)12-23-18(25)15(11-21-19(23)26)17(24)22-14-8-3-1-2-4-9-14/h5-7,10-11,14H,1-4,8-9,12H2,(H,21,26)(H,22,24). The molecule has 7 heteroatoms. The molecule has 138 valence electrons. The zero-order chi connectivity index (χ0) is 18.5. The Hall–Kier alpha value is -2.34. The minimum Gasteiger partial charge on any atom is -0.349 e. The Labute approximate surface area is 156 Å². The molecule has 0 spiro atoms. The topological polar surface area (TPSA) is 84.0 Å². The van der Waals surface area contributed by atoms with Crippen LogP contribution in [0.4, 0.5) is 0 Å². The molecule has 3 rings (SSSR count). The number of rotatable bonds is 4. The van der Waals surface area contributed by atoms with Crippen molar-refractivity contribution in [1.29, 1.82) is 0 Å². The summed E-state index contributed by atoms with van der Waals surface area (Å²) in [6.07, 6.45) is 7.54. The molecule has 1 saturated carbocycles. The molecule has 0 radical (unpaired) electrons. The van der Waals surface area contributed by atoms with E-state index >= 15 is 0 Å². The van der Waals surface area contributed by atoms with Gasteiger partial charge in [0, 0.05) is 17.3 Å². The minimum absolute atomic E-state index is 0.0123. The van der Waals surface area contributed by atoms with Gasteiger partial charge in [0.15, 0.2) is 0 Å². The highest BCUT2D eigenvalue weighted by atomic mass is 35.5. The number of carbonyl (C=O) groups excluding carboxylic acids is 1. The first kappa shape index (κ1) is 18.5. The molecule has 26 heavy (non-hydrogen) atoms. The summed E-state index contributed by atoms with van der Waals surface area (Å²) in [4.78, 5) is 39.8. The van der Waals surface area contributed by atoms with Gasteiger partial charge in [-0.2, -0.15) is 0 Å². The first-order valence-electron chi connectivity index (χ1n) is 8.93. The SMILES string of the molecule is O=C(NC1CCCCCC1)c1c[nH]c(=O)n(Cc2ccccc2Cl)c1=O. The van der Waals surface area contributed by atoms with Gasteiger partial charge < -0.3 is 10.3 Å². The summed E-state index contributed by atoms with van der Waals surface area (Å²) >= 11 is 6.12. The molecule has 1 fully saturated rings. The third-order valence-corrected chi connectivity index (χ3v) is 5.15. The van der Waals surface area contributed by atoms with E-state index in [1.165, 1.54) is 19.0 Å². The third-order valence-electron chi connectivity index (χ3n) is 4.78. The number of aromatic amines is 1. The molecule has 1 heterocycles. The van der Waals surface area contributed by atoms with Gasteiger partial charge in [-0.15, -0.1) is 0 Å². The number of hydrogen-bond donors (Lipinski definition) is 2. The molecular weight excluding hydrogens is 354 g/mol. The molecule has 1 aromatic heterocycles. The Morgan fingerprint density at radius 2 is 1.85 bits per heavy atom. The summed E-state index contributed by atoms with van der Waals surface area (Å²) in [5.41, 5.74) is -0.593. The lowest BCUT2D eigenvalue weighted by molar-refractivity contribution is 0.0930.